The largest absolute Gasteiger partial charge is 0.288 e. The predicted molar refractivity (Wildman–Crippen MR) is 106 cm³/mol. The highest BCUT2D eigenvalue weighted by Gasteiger charge is 2.28. The lowest BCUT2D eigenvalue weighted by Crippen LogP contribution is -2.17. The number of ketones is 1. The van der Waals surface area contributed by atoms with Crippen LogP contribution in [0.4, 0.5) is 23.2 Å². The van der Waals surface area contributed by atoms with Crippen LogP contribution in [0.5, 0.6) is 0 Å². The van der Waals surface area contributed by atoms with Gasteiger partial charge >= 0.3 is 0 Å². The number of nitrogens with zero attached hydrogens (tertiary/aromatic N) is 2. The predicted octanol–water partition coefficient (Wildman–Crippen LogP) is 4.22. The maximum absolute atomic E-state index is 15.0. The maximum atomic E-state index is 15.0. The molecule has 0 unspecified atom stereocenters. The van der Waals surface area contributed by atoms with Crippen molar-refractivity contribution in [2.75, 3.05) is 4.72 Å². The normalized spacial score (nSPS) is 11.5. The second kappa shape index (κ2) is 8.00. The van der Waals surface area contributed by atoms with Gasteiger partial charge in [-0.05, 0) is 36.4 Å². The monoisotopic (exact) mass is 461 g/mol. The number of benzene rings is 3. The first-order valence-corrected chi connectivity index (χ1v) is 10.4. The molecule has 1 N–H and O–H groups in total. The molecule has 4 aromatic rings. The molecule has 1 aromatic heterocycles. The molecule has 32 heavy (non-hydrogen) atoms. The van der Waals surface area contributed by atoms with Crippen LogP contribution < -0.4 is 4.72 Å². The number of rotatable bonds is 5. The minimum Gasteiger partial charge on any atom is -0.288 e. The van der Waals surface area contributed by atoms with E-state index < -0.39 is 55.2 Å². The first kappa shape index (κ1) is 21.4. The molecule has 0 saturated carbocycles. The molecule has 0 amide bonds. The van der Waals surface area contributed by atoms with Gasteiger partial charge < -0.3 is 0 Å². The van der Waals surface area contributed by atoms with Crippen molar-refractivity contribution in [1.29, 1.82) is 0 Å². The summed E-state index contributed by atoms with van der Waals surface area (Å²) in [5.41, 5.74) is -1.88. The van der Waals surface area contributed by atoms with E-state index in [9.17, 15) is 26.4 Å². The standard InChI is InChI=1S/C21H11F4N3O3S/c22-12-2-1-3-13(9-12)32(30,31)28-17-10-14(23)19(24)18(20(17)25)21(29)11-4-5-15-16(8-11)27-7-6-26-15/h1-10,28H. The highest BCUT2D eigenvalue weighted by Crippen LogP contribution is 2.29. The van der Waals surface area contributed by atoms with Gasteiger partial charge in [0, 0.05) is 24.0 Å². The number of anilines is 1. The Hall–Kier alpha value is -3.86. The van der Waals surface area contributed by atoms with Crippen LogP contribution in [0.1, 0.15) is 15.9 Å². The van der Waals surface area contributed by atoms with E-state index in [1.54, 1.807) is 4.72 Å². The number of fused-ring (bicyclic) bond motifs is 1. The molecule has 0 spiro atoms. The van der Waals surface area contributed by atoms with Gasteiger partial charge in [-0.15, -0.1) is 0 Å². The maximum Gasteiger partial charge on any atom is 0.262 e. The first-order valence-electron chi connectivity index (χ1n) is 8.89. The summed E-state index contributed by atoms with van der Waals surface area (Å²) in [5, 5.41) is 0. The number of hydrogen-bond acceptors (Lipinski definition) is 5. The molecule has 0 aliphatic carbocycles. The molecule has 1 heterocycles. The number of carbonyl (C=O) groups is 1. The lowest BCUT2D eigenvalue weighted by atomic mass is 10.0. The van der Waals surface area contributed by atoms with Crippen molar-refractivity contribution in [3.05, 3.63) is 95.3 Å². The van der Waals surface area contributed by atoms with Gasteiger partial charge in [-0.3, -0.25) is 19.5 Å². The second-order valence-electron chi connectivity index (χ2n) is 6.56. The molecule has 11 heteroatoms. The number of sulfonamides is 1. The van der Waals surface area contributed by atoms with Gasteiger partial charge in [0.2, 0.25) is 0 Å². The third-order valence-electron chi connectivity index (χ3n) is 4.47. The summed E-state index contributed by atoms with van der Waals surface area (Å²) in [7, 11) is -4.57. The zero-order valence-electron chi connectivity index (χ0n) is 15.8. The van der Waals surface area contributed by atoms with Crippen molar-refractivity contribution in [3.8, 4) is 0 Å². The molecular formula is C21H11F4N3O3S. The molecule has 3 aromatic carbocycles. The van der Waals surface area contributed by atoms with Crippen LogP contribution in [0.25, 0.3) is 11.0 Å². The SMILES string of the molecule is O=C(c1ccc2nccnc2c1)c1c(F)c(F)cc(NS(=O)(=O)c2cccc(F)c2)c1F. The van der Waals surface area contributed by atoms with Crippen molar-refractivity contribution >= 4 is 32.5 Å². The smallest absolute Gasteiger partial charge is 0.262 e. The molecule has 0 saturated heterocycles. The minimum absolute atomic E-state index is 0.222. The van der Waals surface area contributed by atoms with E-state index in [0.29, 0.717) is 11.6 Å². The Balaban J connectivity index is 1.79. The van der Waals surface area contributed by atoms with Gasteiger partial charge in [0.1, 0.15) is 5.82 Å². The van der Waals surface area contributed by atoms with E-state index in [1.807, 2.05) is 0 Å². The summed E-state index contributed by atoms with van der Waals surface area (Å²) in [6, 6.07) is 7.84. The van der Waals surface area contributed by atoms with Crippen molar-refractivity contribution in [1.82, 2.24) is 9.97 Å². The molecule has 6 nitrogen and oxygen atoms in total. The summed E-state index contributed by atoms with van der Waals surface area (Å²) in [4.78, 5) is 20.2. The number of hydrogen-bond donors (Lipinski definition) is 1. The molecule has 4 rings (SSSR count). The zero-order chi connectivity index (χ0) is 23.0. The summed E-state index contributed by atoms with van der Waals surface area (Å²) in [6.45, 7) is 0. The van der Waals surface area contributed by atoms with Crippen molar-refractivity contribution in [3.63, 3.8) is 0 Å². The Bertz CT molecular complexity index is 1490. The lowest BCUT2D eigenvalue weighted by Gasteiger charge is -2.13. The van der Waals surface area contributed by atoms with Gasteiger partial charge in [0.15, 0.2) is 23.2 Å². The fraction of sp³-hybridized carbons (Fsp3) is 0. The molecule has 162 valence electrons. The average Bonchev–Trinajstić information content (AvgIpc) is 2.77. The molecule has 0 radical (unpaired) electrons. The molecule has 0 aliphatic rings. The van der Waals surface area contributed by atoms with Crippen LogP contribution in [-0.4, -0.2) is 24.2 Å². The van der Waals surface area contributed by atoms with Crippen LogP contribution in [-0.2, 0) is 10.0 Å². The molecule has 0 atom stereocenters. The number of halogens is 4. The number of nitrogens with one attached hydrogen (secondary N) is 1. The average molecular weight is 461 g/mol. The van der Waals surface area contributed by atoms with Crippen molar-refractivity contribution in [2.24, 2.45) is 0 Å². The van der Waals surface area contributed by atoms with Crippen molar-refractivity contribution < 1.29 is 30.8 Å². The summed E-state index contributed by atoms with van der Waals surface area (Å²) in [5.74, 6) is -7.20. The quantitative estimate of drug-likeness (QED) is 0.273. The second-order valence-corrected chi connectivity index (χ2v) is 8.24. The Kier molecular flexibility index (Phi) is 5.35. The fourth-order valence-electron chi connectivity index (χ4n) is 2.96. The van der Waals surface area contributed by atoms with E-state index in [0.717, 1.165) is 18.2 Å². The lowest BCUT2D eigenvalue weighted by molar-refractivity contribution is 0.103. The Labute approximate surface area is 178 Å². The van der Waals surface area contributed by atoms with Crippen molar-refractivity contribution in [2.45, 2.75) is 4.90 Å². The van der Waals surface area contributed by atoms with Gasteiger partial charge in [0.25, 0.3) is 10.0 Å². The van der Waals surface area contributed by atoms with E-state index in [1.165, 1.54) is 30.6 Å². The van der Waals surface area contributed by atoms with Crippen LogP contribution in [0.15, 0.2) is 65.8 Å². The zero-order valence-corrected chi connectivity index (χ0v) is 16.6. The van der Waals surface area contributed by atoms with Gasteiger partial charge in [0.05, 0.1) is 27.2 Å². The summed E-state index contributed by atoms with van der Waals surface area (Å²) in [6.07, 6.45) is 2.76. The van der Waals surface area contributed by atoms with Gasteiger partial charge in [-0.1, -0.05) is 6.07 Å². The third kappa shape index (κ3) is 3.89. The topological polar surface area (TPSA) is 89.0 Å². The summed E-state index contributed by atoms with van der Waals surface area (Å²) < 4.78 is 83.6. The molecular weight excluding hydrogens is 450 g/mol. The van der Waals surface area contributed by atoms with E-state index in [-0.39, 0.29) is 17.1 Å². The number of carbonyl (C=O) groups excluding carboxylic acids is 1. The Morgan fingerprint density at radius 1 is 0.844 bits per heavy atom. The molecule has 0 bridgehead atoms. The van der Waals surface area contributed by atoms with Crippen LogP contribution >= 0.6 is 0 Å². The molecule has 0 fully saturated rings. The summed E-state index contributed by atoms with van der Waals surface area (Å²) >= 11 is 0. The van der Waals surface area contributed by atoms with E-state index in [2.05, 4.69) is 9.97 Å². The highest BCUT2D eigenvalue weighted by molar-refractivity contribution is 7.92. The fourth-order valence-corrected chi connectivity index (χ4v) is 4.05. The minimum atomic E-state index is -4.57. The van der Waals surface area contributed by atoms with E-state index >= 15 is 4.39 Å². The Morgan fingerprint density at radius 3 is 2.28 bits per heavy atom. The van der Waals surface area contributed by atoms with Gasteiger partial charge in [-0.25, -0.2) is 26.0 Å². The van der Waals surface area contributed by atoms with E-state index in [4.69, 9.17) is 0 Å². The Morgan fingerprint density at radius 2 is 1.56 bits per heavy atom. The van der Waals surface area contributed by atoms with Crippen LogP contribution in [0, 0.1) is 23.3 Å². The van der Waals surface area contributed by atoms with Gasteiger partial charge in [-0.2, -0.15) is 0 Å². The highest BCUT2D eigenvalue weighted by atomic mass is 32.2. The first-order chi connectivity index (χ1) is 15.2. The third-order valence-corrected chi connectivity index (χ3v) is 5.83. The van der Waals surface area contributed by atoms with Crippen LogP contribution in [0.2, 0.25) is 0 Å². The van der Waals surface area contributed by atoms with Crippen LogP contribution in [0.3, 0.4) is 0 Å². The number of aromatic nitrogens is 2. The molecule has 0 aliphatic heterocycles.